The average molecular weight is 347 g/mol. The van der Waals surface area contributed by atoms with Gasteiger partial charge in [0.05, 0.1) is 5.25 Å². The third-order valence-electron chi connectivity index (χ3n) is 3.22. The highest BCUT2D eigenvalue weighted by Gasteiger charge is 2.18. The summed E-state index contributed by atoms with van der Waals surface area (Å²) in [6, 6.07) is 7.21. The first-order valence-corrected chi connectivity index (χ1v) is 8.49. The molecule has 24 heavy (non-hydrogen) atoms. The number of aromatic nitrogens is 3. The molecule has 128 valence electrons. The molecule has 1 atom stereocenters. The number of benzene rings is 1. The summed E-state index contributed by atoms with van der Waals surface area (Å²) >= 11 is 1.36. The van der Waals surface area contributed by atoms with Crippen LogP contribution in [0.15, 0.2) is 35.7 Å². The molecule has 7 nitrogen and oxygen atoms in total. The van der Waals surface area contributed by atoms with Crippen molar-refractivity contribution in [3.8, 4) is 0 Å². The van der Waals surface area contributed by atoms with E-state index in [1.54, 1.807) is 30.6 Å². The summed E-state index contributed by atoms with van der Waals surface area (Å²) in [5, 5.41) is 13.9. The van der Waals surface area contributed by atoms with Gasteiger partial charge in [-0.3, -0.25) is 9.59 Å². The van der Waals surface area contributed by atoms with Crippen molar-refractivity contribution in [3.05, 3.63) is 30.6 Å². The number of rotatable bonds is 6. The van der Waals surface area contributed by atoms with E-state index in [9.17, 15) is 9.59 Å². The van der Waals surface area contributed by atoms with Crippen LogP contribution in [0.25, 0.3) is 0 Å². The Balaban J connectivity index is 1.96. The lowest BCUT2D eigenvalue weighted by Crippen LogP contribution is -2.23. The van der Waals surface area contributed by atoms with Gasteiger partial charge >= 0.3 is 0 Å². The molecule has 1 aromatic heterocycles. The topological polar surface area (TPSA) is 88.9 Å². The minimum Gasteiger partial charge on any atom is -0.326 e. The van der Waals surface area contributed by atoms with Gasteiger partial charge < -0.3 is 15.2 Å². The molecule has 0 aliphatic rings. The number of carbonyl (C=O) groups excluding carboxylic acids is 2. The van der Waals surface area contributed by atoms with Gasteiger partial charge in [-0.2, -0.15) is 0 Å². The number of nitrogens with zero attached hydrogens (tertiary/aromatic N) is 3. The maximum Gasteiger partial charge on any atom is 0.237 e. The Morgan fingerprint density at radius 1 is 1.08 bits per heavy atom. The molecule has 2 rings (SSSR count). The summed E-state index contributed by atoms with van der Waals surface area (Å²) < 4.78 is 1.93. The molecule has 8 heteroatoms. The molecule has 1 heterocycles. The Morgan fingerprint density at radius 3 is 2.21 bits per heavy atom. The molecule has 1 unspecified atom stereocenters. The van der Waals surface area contributed by atoms with Gasteiger partial charge in [0.15, 0.2) is 5.16 Å². The van der Waals surface area contributed by atoms with Crippen molar-refractivity contribution in [2.24, 2.45) is 0 Å². The summed E-state index contributed by atoms with van der Waals surface area (Å²) in [6.45, 7) is 7.35. The van der Waals surface area contributed by atoms with Crippen LogP contribution >= 0.6 is 11.8 Å². The van der Waals surface area contributed by atoms with E-state index in [2.05, 4.69) is 20.8 Å². The Kier molecular flexibility index (Phi) is 5.97. The number of carbonyl (C=O) groups is 2. The molecule has 2 aromatic rings. The Morgan fingerprint density at radius 2 is 1.67 bits per heavy atom. The predicted molar refractivity (Wildman–Crippen MR) is 95.1 cm³/mol. The third-order valence-corrected chi connectivity index (χ3v) is 4.29. The number of anilines is 2. The quantitative estimate of drug-likeness (QED) is 0.784. The van der Waals surface area contributed by atoms with Crippen LogP contribution in [0.3, 0.4) is 0 Å². The van der Waals surface area contributed by atoms with Gasteiger partial charge in [0.1, 0.15) is 6.33 Å². The second kappa shape index (κ2) is 7.96. The Labute approximate surface area is 145 Å². The van der Waals surface area contributed by atoms with Crippen LogP contribution in [0.1, 0.15) is 33.7 Å². The summed E-state index contributed by atoms with van der Waals surface area (Å²) in [5.41, 5.74) is 1.36. The maximum atomic E-state index is 12.3. The van der Waals surface area contributed by atoms with Crippen LogP contribution in [-0.4, -0.2) is 31.8 Å². The zero-order valence-corrected chi connectivity index (χ0v) is 14.9. The Bertz CT molecular complexity index is 712. The van der Waals surface area contributed by atoms with Gasteiger partial charge in [0.25, 0.3) is 0 Å². The molecular formula is C16H21N5O2S. The second-order valence-electron chi connectivity index (χ2n) is 5.62. The minimum absolute atomic E-state index is 0.120. The molecule has 2 N–H and O–H groups in total. The van der Waals surface area contributed by atoms with E-state index in [1.165, 1.54) is 18.7 Å². The molecule has 0 fully saturated rings. The van der Waals surface area contributed by atoms with Crippen LogP contribution in [0, 0.1) is 0 Å². The van der Waals surface area contributed by atoms with Crippen molar-refractivity contribution < 1.29 is 9.59 Å². The van der Waals surface area contributed by atoms with E-state index < -0.39 is 0 Å². The van der Waals surface area contributed by atoms with Crippen LogP contribution in [-0.2, 0) is 9.59 Å². The van der Waals surface area contributed by atoms with Crippen LogP contribution in [0.2, 0.25) is 0 Å². The van der Waals surface area contributed by atoms with E-state index >= 15 is 0 Å². The second-order valence-corrected chi connectivity index (χ2v) is 6.93. The zero-order valence-electron chi connectivity index (χ0n) is 14.1. The highest BCUT2D eigenvalue weighted by atomic mass is 32.2. The van der Waals surface area contributed by atoms with Gasteiger partial charge in [0.2, 0.25) is 11.8 Å². The van der Waals surface area contributed by atoms with Crippen molar-refractivity contribution in [3.63, 3.8) is 0 Å². The molecule has 1 aromatic carbocycles. The molecule has 0 spiro atoms. The fourth-order valence-electron chi connectivity index (χ4n) is 1.97. The van der Waals surface area contributed by atoms with Gasteiger partial charge in [-0.25, -0.2) is 0 Å². The molecule has 0 radical (unpaired) electrons. The standard InChI is InChI=1S/C16H21N5O2S/c1-10(2)21-9-17-20-16(21)24-11(3)15(23)19-14-7-5-13(6-8-14)18-12(4)22/h5-11H,1-4H3,(H,18,22)(H,19,23). The van der Waals surface area contributed by atoms with Gasteiger partial charge in [0, 0.05) is 24.3 Å². The molecule has 0 aliphatic heterocycles. The lowest BCUT2D eigenvalue weighted by atomic mass is 10.2. The van der Waals surface area contributed by atoms with Crippen LogP contribution in [0.4, 0.5) is 11.4 Å². The number of amides is 2. The third kappa shape index (κ3) is 4.82. The number of hydrogen-bond donors (Lipinski definition) is 2. The molecule has 0 aliphatic carbocycles. The van der Waals surface area contributed by atoms with Gasteiger partial charge in [-0.15, -0.1) is 10.2 Å². The highest BCUT2D eigenvalue weighted by molar-refractivity contribution is 8.00. The van der Waals surface area contributed by atoms with E-state index in [0.717, 1.165) is 0 Å². The summed E-state index contributed by atoms with van der Waals surface area (Å²) in [6.07, 6.45) is 1.67. The van der Waals surface area contributed by atoms with Gasteiger partial charge in [-0.05, 0) is 45.0 Å². The maximum absolute atomic E-state index is 12.3. The summed E-state index contributed by atoms with van der Waals surface area (Å²) in [7, 11) is 0. The van der Waals surface area contributed by atoms with E-state index in [4.69, 9.17) is 0 Å². The first kappa shape index (κ1) is 18.0. The van der Waals surface area contributed by atoms with Crippen molar-refractivity contribution in [1.29, 1.82) is 0 Å². The minimum atomic E-state index is -0.318. The van der Waals surface area contributed by atoms with E-state index in [-0.39, 0.29) is 23.1 Å². The average Bonchev–Trinajstić information content (AvgIpc) is 2.97. The highest BCUT2D eigenvalue weighted by Crippen LogP contribution is 2.24. The van der Waals surface area contributed by atoms with Crippen molar-refractivity contribution >= 4 is 35.0 Å². The van der Waals surface area contributed by atoms with Crippen LogP contribution < -0.4 is 10.6 Å². The molecular weight excluding hydrogens is 326 g/mol. The Hall–Kier alpha value is -2.35. The number of hydrogen-bond acceptors (Lipinski definition) is 5. The normalized spacial score (nSPS) is 12.0. The van der Waals surface area contributed by atoms with Crippen molar-refractivity contribution in [2.75, 3.05) is 10.6 Å². The number of nitrogens with one attached hydrogen (secondary N) is 2. The first-order chi connectivity index (χ1) is 11.4. The smallest absolute Gasteiger partial charge is 0.237 e. The largest absolute Gasteiger partial charge is 0.326 e. The molecule has 2 amide bonds. The lowest BCUT2D eigenvalue weighted by molar-refractivity contribution is -0.115. The fraction of sp³-hybridized carbons (Fsp3) is 0.375. The fourth-order valence-corrected chi connectivity index (χ4v) is 2.92. The molecule has 0 bridgehead atoms. The summed E-state index contributed by atoms with van der Waals surface area (Å²) in [4.78, 5) is 23.3. The lowest BCUT2D eigenvalue weighted by Gasteiger charge is -2.14. The predicted octanol–water partition coefficient (Wildman–Crippen LogP) is 2.94. The monoisotopic (exact) mass is 347 g/mol. The van der Waals surface area contributed by atoms with E-state index in [0.29, 0.717) is 16.5 Å². The van der Waals surface area contributed by atoms with E-state index in [1.807, 2.05) is 25.3 Å². The zero-order chi connectivity index (χ0) is 17.7. The van der Waals surface area contributed by atoms with Crippen molar-refractivity contribution in [1.82, 2.24) is 14.8 Å². The molecule has 0 saturated heterocycles. The van der Waals surface area contributed by atoms with Crippen LogP contribution in [0.5, 0.6) is 0 Å². The molecule has 0 saturated carbocycles. The SMILES string of the molecule is CC(=O)Nc1ccc(NC(=O)C(C)Sc2nncn2C(C)C)cc1. The first-order valence-electron chi connectivity index (χ1n) is 7.61. The summed E-state index contributed by atoms with van der Waals surface area (Å²) in [5.74, 6) is -0.253. The van der Waals surface area contributed by atoms with Gasteiger partial charge in [-0.1, -0.05) is 11.8 Å². The van der Waals surface area contributed by atoms with Crippen molar-refractivity contribution in [2.45, 2.75) is 44.1 Å². The number of thioether (sulfide) groups is 1.